The average Bonchev–Trinajstić information content (AvgIpc) is 2.66. The highest BCUT2D eigenvalue weighted by molar-refractivity contribution is 5.48. The highest BCUT2D eigenvalue weighted by Gasteiger charge is 1.99. The Labute approximate surface area is 85.8 Å². The van der Waals surface area contributed by atoms with E-state index in [4.69, 9.17) is 0 Å². The Balaban J connectivity index is 1.99. The number of rotatable bonds is 3. The second kappa shape index (κ2) is 4.41. The summed E-state index contributed by atoms with van der Waals surface area (Å²) < 4.78 is 8.90. The molecule has 0 saturated carbocycles. The molecule has 1 aromatic heterocycles. The molecule has 4 nitrogen and oxygen atoms in total. The van der Waals surface area contributed by atoms with Crippen molar-refractivity contribution in [1.29, 1.82) is 0 Å². The van der Waals surface area contributed by atoms with E-state index in [1.165, 1.54) is 0 Å². The average molecular weight is 203 g/mol. The summed E-state index contributed by atoms with van der Waals surface area (Å²) in [4.78, 5) is 10.5. The lowest BCUT2D eigenvalue weighted by molar-refractivity contribution is 0.334. The zero-order chi connectivity index (χ0) is 10.5. The van der Waals surface area contributed by atoms with Crippen LogP contribution in [0.4, 0.5) is 0 Å². The van der Waals surface area contributed by atoms with E-state index in [0.29, 0.717) is 6.42 Å². The van der Waals surface area contributed by atoms with Crippen LogP contribution in [0.3, 0.4) is 0 Å². The molecule has 2 rings (SSSR count). The van der Waals surface area contributed by atoms with Gasteiger partial charge in [0.1, 0.15) is 0 Å². The van der Waals surface area contributed by atoms with Crippen LogP contribution in [-0.4, -0.2) is 5.16 Å². The van der Waals surface area contributed by atoms with Gasteiger partial charge in [-0.1, -0.05) is 42.5 Å². The molecule has 0 fully saturated rings. The van der Waals surface area contributed by atoms with Crippen molar-refractivity contribution in [3.63, 3.8) is 0 Å². The van der Waals surface area contributed by atoms with Gasteiger partial charge in [-0.15, -0.1) is 0 Å². The normalized spacial score (nSPS) is 10.9. The molecule has 0 amide bonds. The van der Waals surface area contributed by atoms with E-state index in [2.05, 4.69) is 14.1 Å². The van der Waals surface area contributed by atoms with Crippen LogP contribution in [0.5, 0.6) is 0 Å². The molecular weight excluding hydrogens is 194 g/mol. The summed E-state index contributed by atoms with van der Waals surface area (Å²) in [5, 5.41) is 3.44. The Morgan fingerprint density at radius 2 is 2.07 bits per heavy atom. The van der Waals surface area contributed by atoms with Gasteiger partial charge >= 0.3 is 5.82 Å². The van der Waals surface area contributed by atoms with Crippen LogP contribution < -0.4 is 5.82 Å². The van der Waals surface area contributed by atoms with E-state index < -0.39 is 5.82 Å². The third-order valence-corrected chi connectivity index (χ3v) is 1.83. The van der Waals surface area contributed by atoms with Gasteiger partial charge in [-0.2, -0.15) is 0 Å². The van der Waals surface area contributed by atoms with E-state index in [1.54, 1.807) is 0 Å². The van der Waals surface area contributed by atoms with Crippen molar-refractivity contribution in [2.45, 2.75) is 6.42 Å². The van der Waals surface area contributed by atoms with Crippen LogP contribution in [0.2, 0.25) is 0 Å². The second-order valence-electron chi connectivity index (χ2n) is 2.95. The predicted molar refractivity (Wildman–Crippen MR) is 54.2 cm³/mol. The highest BCUT2D eigenvalue weighted by atomic mass is 16.6. The Morgan fingerprint density at radius 3 is 2.73 bits per heavy atom. The molecule has 0 bridgehead atoms. The number of allylic oxidation sites excluding steroid dienone is 1. The Hall–Kier alpha value is -2.10. The molecule has 76 valence electrons. The van der Waals surface area contributed by atoms with Gasteiger partial charge in [0.05, 0.1) is 0 Å². The van der Waals surface area contributed by atoms with Crippen molar-refractivity contribution in [2.24, 2.45) is 0 Å². The van der Waals surface area contributed by atoms with Crippen molar-refractivity contribution in [3.05, 3.63) is 58.5 Å². The fourth-order valence-electron chi connectivity index (χ4n) is 1.16. The molecule has 0 aliphatic carbocycles. The Bertz CT molecular complexity index is 496. The Kier molecular flexibility index (Phi) is 2.78. The molecule has 0 unspecified atom stereocenters. The monoisotopic (exact) mass is 203 g/mol. The van der Waals surface area contributed by atoms with Crippen LogP contribution >= 0.6 is 0 Å². The van der Waals surface area contributed by atoms with Crippen molar-refractivity contribution in [2.75, 3.05) is 0 Å². The van der Waals surface area contributed by atoms with Crippen molar-refractivity contribution in [1.82, 2.24) is 5.16 Å². The standard InChI is InChI=1S/C11H9NO3/c13-11-14-10(12-15-11)8-4-7-9-5-2-1-3-6-9/h1-7H,8H2. The van der Waals surface area contributed by atoms with E-state index in [0.717, 1.165) is 5.56 Å². The lowest BCUT2D eigenvalue weighted by Gasteiger charge is -1.89. The fraction of sp³-hybridized carbons (Fsp3) is 0.0909. The number of benzene rings is 1. The van der Waals surface area contributed by atoms with Gasteiger partial charge in [0.25, 0.3) is 0 Å². The zero-order valence-electron chi connectivity index (χ0n) is 7.92. The zero-order valence-corrected chi connectivity index (χ0v) is 7.92. The van der Waals surface area contributed by atoms with E-state index >= 15 is 0 Å². The molecule has 0 spiro atoms. The molecule has 1 aromatic carbocycles. The summed E-state index contributed by atoms with van der Waals surface area (Å²) in [5.74, 6) is -0.481. The first-order valence-electron chi connectivity index (χ1n) is 4.52. The quantitative estimate of drug-likeness (QED) is 0.764. The summed E-state index contributed by atoms with van der Waals surface area (Å²) in [7, 11) is 0. The topological polar surface area (TPSA) is 56.2 Å². The van der Waals surface area contributed by atoms with Gasteiger partial charge in [-0.3, -0.25) is 4.52 Å². The number of aromatic nitrogens is 1. The van der Waals surface area contributed by atoms with Crippen LogP contribution in [0, 0.1) is 0 Å². The molecule has 1 heterocycles. The van der Waals surface area contributed by atoms with Gasteiger partial charge in [-0.25, -0.2) is 4.79 Å². The van der Waals surface area contributed by atoms with Crippen LogP contribution in [0.25, 0.3) is 6.08 Å². The Morgan fingerprint density at radius 1 is 1.27 bits per heavy atom. The lowest BCUT2D eigenvalue weighted by atomic mass is 10.2. The summed E-state index contributed by atoms with van der Waals surface area (Å²) in [5.41, 5.74) is 1.09. The minimum Gasteiger partial charge on any atom is -0.375 e. The number of hydrogen-bond acceptors (Lipinski definition) is 4. The van der Waals surface area contributed by atoms with Crippen LogP contribution in [-0.2, 0) is 6.42 Å². The van der Waals surface area contributed by atoms with Gasteiger partial charge in [0.2, 0.25) is 5.89 Å². The maximum atomic E-state index is 10.5. The number of nitrogens with zero attached hydrogens (tertiary/aromatic N) is 1. The third-order valence-electron chi connectivity index (χ3n) is 1.83. The SMILES string of the molecule is O=c1onc(CC=Cc2ccccc2)o1. The molecule has 4 heteroatoms. The molecular formula is C11H9NO3. The fourth-order valence-corrected chi connectivity index (χ4v) is 1.16. The molecule has 0 radical (unpaired) electrons. The van der Waals surface area contributed by atoms with E-state index in [9.17, 15) is 4.79 Å². The first-order chi connectivity index (χ1) is 7.34. The maximum Gasteiger partial charge on any atom is 0.542 e. The second-order valence-corrected chi connectivity index (χ2v) is 2.95. The minimum absolute atomic E-state index is 0.284. The molecule has 15 heavy (non-hydrogen) atoms. The number of hydrogen-bond donors (Lipinski definition) is 0. The molecule has 2 aromatic rings. The van der Waals surface area contributed by atoms with Crippen molar-refractivity contribution >= 4 is 6.08 Å². The molecule has 0 saturated heterocycles. The van der Waals surface area contributed by atoms with Crippen molar-refractivity contribution < 1.29 is 8.94 Å². The molecule has 0 atom stereocenters. The van der Waals surface area contributed by atoms with E-state index in [1.807, 2.05) is 42.5 Å². The molecule has 0 aliphatic heterocycles. The molecule has 0 aliphatic rings. The van der Waals surface area contributed by atoms with E-state index in [-0.39, 0.29) is 5.89 Å². The first kappa shape index (κ1) is 9.45. The first-order valence-corrected chi connectivity index (χ1v) is 4.52. The van der Waals surface area contributed by atoms with Gasteiger partial charge < -0.3 is 4.42 Å². The van der Waals surface area contributed by atoms with Gasteiger partial charge in [0, 0.05) is 6.42 Å². The van der Waals surface area contributed by atoms with Crippen LogP contribution in [0.1, 0.15) is 11.5 Å². The highest BCUT2D eigenvalue weighted by Crippen LogP contribution is 2.02. The smallest absolute Gasteiger partial charge is 0.375 e. The third kappa shape index (κ3) is 2.67. The lowest BCUT2D eigenvalue weighted by Crippen LogP contribution is -1.86. The van der Waals surface area contributed by atoms with Crippen LogP contribution in [0.15, 0.2) is 50.1 Å². The maximum absolute atomic E-state index is 10.5. The van der Waals surface area contributed by atoms with Crippen molar-refractivity contribution in [3.8, 4) is 0 Å². The summed E-state index contributed by atoms with van der Waals surface area (Å²) in [6, 6.07) is 9.82. The minimum atomic E-state index is -0.766. The predicted octanol–water partition coefficient (Wildman–Crippen LogP) is 1.88. The van der Waals surface area contributed by atoms with Gasteiger partial charge in [-0.05, 0) is 10.7 Å². The summed E-state index contributed by atoms with van der Waals surface area (Å²) in [6.07, 6.45) is 4.23. The molecule has 0 N–H and O–H groups in total. The summed E-state index contributed by atoms with van der Waals surface area (Å²) in [6.45, 7) is 0. The summed E-state index contributed by atoms with van der Waals surface area (Å²) >= 11 is 0. The largest absolute Gasteiger partial charge is 0.542 e. The van der Waals surface area contributed by atoms with Gasteiger partial charge in [0.15, 0.2) is 0 Å².